The van der Waals surface area contributed by atoms with Crippen molar-refractivity contribution in [2.24, 2.45) is 0 Å². The Morgan fingerprint density at radius 2 is 1.88 bits per heavy atom. The third-order valence-corrected chi connectivity index (χ3v) is 5.11. The van der Waals surface area contributed by atoms with Gasteiger partial charge in [0.15, 0.2) is 0 Å². The van der Waals surface area contributed by atoms with Crippen molar-refractivity contribution in [1.29, 1.82) is 0 Å². The molecule has 0 saturated heterocycles. The van der Waals surface area contributed by atoms with Crippen LogP contribution < -0.4 is 5.32 Å². The number of carbonyl (C=O) groups excluding carboxylic acids is 3. The maximum absolute atomic E-state index is 12.1. The summed E-state index contributed by atoms with van der Waals surface area (Å²) in [6.45, 7) is 1.60. The first-order valence-electron chi connectivity index (χ1n) is 6.80. The van der Waals surface area contributed by atoms with E-state index in [2.05, 4.69) is 5.32 Å². The molecule has 0 saturated carbocycles. The van der Waals surface area contributed by atoms with E-state index in [4.69, 9.17) is 9.47 Å². The van der Waals surface area contributed by atoms with Crippen LogP contribution in [0.2, 0.25) is 0 Å². The van der Waals surface area contributed by atoms with Crippen LogP contribution in [-0.2, 0) is 14.3 Å². The molecule has 0 radical (unpaired) electrons. The Balaban J connectivity index is 2.29. The quantitative estimate of drug-likeness (QED) is 0.649. The van der Waals surface area contributed by atoms with Gasteiger partial charge in [-0.2, -0.15) is 0 Å². The van der Waals surface area contributed by atoms with Crippen LogP contribution in [0.25, 0.3) is 6.08 Å². The number of rotatable bonds is 5. The summed E-state index contributed by atoms with van der Waals surface area (Å²) in [5.74, 6) is -1.61. The number of thiophene rings is 2. The number of amides is 1. The molecule has 0 aromatic carbocycles. The number of esters is 2. The molecule has 0 bridgehead atoms. The summed E-state index contributed by atoms with van der Waals surface area (Å²) >= 11 is 2.47. The fourth-order valence-corrected chi connectivity index (χ4v) is 3.67. The lowest BCUT2D eigenvalue weighted by Crippen LogP contribution is -2.11. The second-order valence-corrected chi connectivity index (χ2v) is 6.58. The van der Waals surface area contributed by atoms with Crippen molar-refractivity contribution < 1.29 is 23.9 Å². The van der Waals surface area contributed by atoms with E-state index < -0.39 is 17.8 Å². The van der Waals surface area contributed by atoms with Crippen LogP contribution in [0.5, 0.6) is 0 Å². The predicted molar refractivity (Wildman–Crippen MR) is 93.7 cm³/mol. The highest BCUT2D eigenvalue weighted by molar-refractivity contribution is 7.18. The van der Waals surface area contributed by atoms with Gasteiger partial charge in [0.1, 0.15) is 9.88 Å². The average Bonchev–Trinajstić information content (AvgIpc) is 3.20. The van der Waals surface area contributed by atoms with Gasteiger partial charge in [-0.15, -0.1) is 22.7 Å². The van der Waals surface area contributed by atoms with Crippen LogP contribution >= 0.6 is 22.7 Å². The highest BCUT2D eigenvalue weighted by atomic mass is 32.1. The van der Waals surface area contributed by atoms with E-state index in [0.29, 0.717) is 5.56 Å². The molecule has 0 aliphatic heterocycles. The van der Waals surface area contributed by atoms with E-state index in [9.17, 15) is 14.4 Å². The van der Waals surface area contributed by atoms with Crippen LogP contribution in [0.4, 0.5) is 5.00 Å². The summed E-state index contributed by atoms with van der Waals surface area (Å²) in [7, 11) is 2.49. The van der Waals surface area contributed by atoms with Crippen molar-refractivity contribution >= 4 is 51.6 Å². The Hall–Kier alpha value is -2.45. The number of carbonyl (C=O) groups is 3. The second kappa shape index (κ2) is 7.89. The monoisotopic (exact) mass is 365 g/mol. The molecular formula is C16H15NO5S2. The van der Waals surface area contributed by atoms with Crippen LogP contribution in [0.15, 0.2) is 23.6 Å². The molecular weight excluding hydrogens is 350 g/mol. The molecule has 1 N–H and O–H groups in total. The van der Waals surface area contributed by atoms with Gasteiger partial charge in [-0.05, 0) is 30.0 Å². The number of nitrogens with one attached hydrogen (secondary N) is 1. The molecule has 8 heteroatoms. The highest BCUT2D eigenvalue weighted by Gasteiger charge is 2.26. The third kappa shape index (κ3) is 3.90. The summed E-state index contributed by atoms with van der Waals surface area (Å²) in [5, 5.41) is 4.77. The fraction of sp³-hybridized carbons (Fsp3) is 0.188. The van der Waals surface area contributed by atoms with Crippen molar-refractivity contribution in [3.05, 3.63) is 44.5 Å². The number of ether oxygens (including phenoxy) is 2. The van der Waals surface area contributed by atoms with Gasteiger partial charge in [-0.25, -0.2) is 9.59 Å². The lowest BCUT2D eigenvalue weighted by atomic mass is 10.1. The first-order valence-corrected chi connectivity index (χ1v) is 8.50. The molecule has 0 unspecified atom stereocenters. The molecule has 126 valence electrons. The minimum Gasteiger partial charge on any atom is -0.465 e. The van der Waals surface area contributed by atoms with Gasteiger partial charge in [0, 0.05) is 11.0 Å². The Morgan fingerprint density at radius 3 is 2.46 bits per heavy atom. The van der Waals surface area contributed by atoms with Gasteiger partial charge in [0.05, 0.1) is 19.8 Å². The van der Waals surface area contributed by atoms with Gasteiger partial charge < -0.3 is 14.8 Å². The van der Waals surface area contributed by atoms with Gasteiger partial charge in [0.25, 0.3) is 0 Å². The standard InChI is InChI=1S/C16H15NO5S2/c1-9-12(15(19)21-2)14(24-13(9)16(20)22-3)17-11(18)7-6-10-5-4-8-23-10/h4-8H,1-3H3,(H,17,18). The maximum atomic E-state index is 12.1. The smallest absolute Gasteiger partial charge is 0.348 e. The van der Waals surface area contributed by atoms with Crippen molar-refractivity contribution in [3.63, 3.8) is 0 Å². The zero-order valence-electron chi connectivity index (χ0n) is 13.2. The minimum absolute atomic E-state index is 0.153. The second-order valence-electron chi connectivity index (χ2n) is 4.58. The van der Waals surface area contributed by atoms with E-state index in [-0.39, 0.29) is 15.4 Å². The first-order chi connectivity index (χ1) is 11.5. The topological polar surface area (TPSA) is 81.7 Å². The summed E-state index contributed by atoms with van der Waals surface area (Å²) < 4.78 is 9.43. The molecule has 2 aromatic heterocycles. The Labute approximate surface area is 146 Å². The summed E-state index contributed by atoms with van der Waals surface area (Å²) in [6.07, 6.45) is 3.03. The van der Waals surface area contributed by atoms with Crippen LogP contribution in [0.3, 0.4) is 0 Å². The van der Waals surface area contributed by atoms with Crippen molar-refractivity contribution in [2.75, 3.05) is 19.5 Å². The van der Waals surface area contributed by atoms with Crippen LogP contribution in [-0.4, -0.2) is 32.1 Å². The minimum atomic E-state index is -0.628. The zero-order chi connectivity index (χ0) is 17.7. The van der Waals surface area contributed by atoms with E-state index >= 15 is 0 Å². The first kappa shape index (κ1) is 17.9. The van der Waals surface area contributed by atoms with Gasteiger partial charge in [-0.1, -0.05) is 6.07 Å². The molecule has 0 fully saturated rings. The number of hydrogen-bond acceptors (Lipinski definition) is 7. The molecule has 0 aliphatic rings. The van der Waals surface area contributed by atoms with Crippen molar-refractivity contribution in [1.82, 2.24) is 0 Å². The largest absolute Gasteiger partial charge is 0.465 e. The molecule has 0 atom stereocenters. The van der Waals surface area contributed by atoms with Gasteiger partial charge in [0.2, 0.25) is 5.91 Å². The predicted octanol–water partition coefficient (Wildman–Crippen LogP) is 3.34. The zero-order valence-corrected chi connectivity index (χ0v) is 14.9. The molecule has 24 heavy (non-hydrogen) atoms. The Morgan fingerprint density at radius 1 is 1.17 bits per heavy atom. The van der Waals surface area contributed by atoms with Crippen molar-refractivity contribution in [2.45, 2.75) is 6.92 Å². The molecule has 0 aliphatic carbocycles. The van der Waals surface area contributed by atoms with Crippen LogP contribution in [0, 0.1) is 6.92 Å². The Kier molecular flexibility index (Phi) is 5.88. The number of hydrogen-bond donors (Lipinski definition) is 1. The third-order valence-electron chi connectivity index (χ3n) is 3.09. The summed E-state index contributed by atoms with van der Waals surface area (Å²) in [5.41, 5.74) is 0.567. The summed E-state index contributed by atoms with van der Waals surface area (Å²) in [6, 6.07) is 3.75. The normalized spacial score (nSPS) is 10.6. The molecule has 0 spiro atoms. The van der Waals surface area contributed by atoms with E-state index in [1.807, 2.05) is 17.5 Å². The molecule has 2 heterocycles. The van der Waals surface area contributed by atoms with E-state index in [1.165, 1.54) is 31.6 Å². The van der Waals surface area contributed by atoms with Crippen LogP contribution in [0.1, 0.15) is 30.5 Å². The van der Waals surface area contributed by atoms with Gasteiger partial charge in [-0.3, -0.25) is 4.79 Å². The maximum Gasteiger partial charge on any atom is 0.348 e. The average molecular weight is 365 g/mol. The molecule has 6 nitrogen and oxygen atoms in total. The van der Waals surface area contributed by atoms with Gasteiger partial charge >= 0.3 is 11.9 Å². The van der Waals surface area contributed by atoms with Crippen molar-refractivity contribution in [3.8, 4) is 0 Å². The van der Waals surface area contributed by atoms with E-state index in [1.54, 1.807) is 13.0 Å². The fourth-order valence-electron chi connectivity index (χ4n) is 1.93. The highest BCUT2D eigenvalue weighted by Crippen LogP contribution is 2.34. The Bertz CT molecular complexity index is 790. The van der Waals surface area contributed by atoms with E-state index in [0.717, 1.165) is 16.2 Å². The molecule has 1 amide bonds. The lowest BCUT2D eigenvalue weighted by molar-refractivity contribution is -0.111. The summed E-state index contributed by atoms with van der Waals surface area (Å²) in [4.78, 5) is 37.0. The number of anilines is 1. The number of methoxy groups -OCH3 is 2. The molecule has 2 rings (SSSR count). The lowest BCUT2D eigenvalue weighted by Gasteiger charge is -2.03. The SMILES string of the molecule is COC(=O)c1sc(NC(=O)C=Cc2cccs2)c(C(=O)OC)c1C. The molecule has 2 aromatic rings.